The van der Waals surface area contributed by atoms with E-state index in [-0.39, 0.29) is 19.4 Å². The van der Waals surface area contributed by atoms with E-state index < -0.39 is 24.1 Å². The molecule has 0 aliphatic carbocycles. The Bertz CT molecular complexity index is 549. The van der Waals surface area contributed by atoms with Crippen molar-refractivity contribution in [2.24, 2.45) is 0 Å². The number of amides is 1. The summed E-state index contributed by atoms with van der Waals surface area (Å²) in [5.74, 6) is -1.24. The Balaban J connectivity index is 2.14. The van der Waals surface area contributed by atoms with Crippen LogP contribution in [0.15, 0.2) is 30.3 Å². The van der Waals surface area contributed by atoms with Crippen molar-refractivity contribution in [1.29, 1.82) is 0 Å². The number of carboxylic acids is 1. The molecule has 0 saturated carbocycles. The van der Waals surface area contributed by atoms with E-state index in [4.69, 9.17) is 7.48 Å². The van der Waals surface area contributed by atoms with Gasteiger partial charge in [-0.25, -0.2) is 9.59 Å². The molecule has 1 aromatic rings. The van der Waals surface area contributed by atoms with Crippen molar-refractivity contribution >= 4 is 12.1 Å². The fourth-order valence-electron chi connectivity index (χ4n) is 1.95. The van der Waals surface area contributed by atoms with E-state index in [1.54, 1.807) is 24.3 Å². The van der Waals surface area contributed by atoms with Crippen LogP contribution in [0.5, 0.6) is 0 Å². The molecule has 2 rings (SSSR count). The molecule has 1 aliphatic rings. The second-order valence-corrected chi connectivity index (χ2v) is 4.61. The van der Waals surface area contributed by atoms with Gasteiger partial charge in [-0.2, -0.15) is 0 Å². The monoisotopic (exact) mass is 265 g/mol. The standard InChI is InChI=1S/C14H17NO4/c1-14(12(16)17)8-5-9-15(14)13(18)19-10-11-6-3-2-4-7-11/h2-4,6-7H,5,8-10H2,1H3,(H,16,17)/t14-/m1/s1/i9D2. The second kappa shape index (κ2) is 5.30. The van der Waals surface area contributed by atoms with E-state index in [1.165, 1.54) is 6.92 Å². The molecule has 1 N–H and O–H groups in total. The lowest BCUT2D eigenvalue weighted by molar-refractivity contribution is -0.147. The normalized spacial score (nSPS) is 26.5. The first kappa shape index (κ1) is 10.8. The minimum Gasteiger partial charge on any atom is -0.480 e. The number of carbonyl (C=O) groups is 2. The molecule has 5 heteroatoms. The molecule has 1 heterocycles. The summed E-state index contributed by atoms with van der Waals surface area (Å²) in [7, 11) is 0. The smallest absolute Gasteiger partial charge is 0.411 e. The lowest BCUT2D eigenvalue weighted by Crippen LogP contribution is -2.50. The van der Waals surface area contributed by atoms with Gasteiger partial charge in [0.15, 0.2) is 0 Å². The summed E-state index contributed by atoms with van der Waals surface area (Å²) >= 11 is 0. The van der Waals surface area contributed by atoms with Crippen LogP contribution in [0.4, 0.5) is 4.79 Å². The SMILES string of the molecule is [2H]C1([2H])CC[C@](C)(C(=O)O)N1C(=O)OCc1ccccc1. The third-order valence-corrected chi connectivity index (χ3v) is 3.22. The van der Waals surface area contributed by atoms with Crippen molar-refractivity contribution in [1.82, 2.24) is 4.90 Å². The van der Waals surface area contributed by atoms with E-state index in [0.29, 0.717) is 4.90 Å². The number of ether oxygens (including phenoxy) is 1. The Hall–Kier alpha value is -2.04. The summed E-state index contributed by atoms with van der Waals surface area (Å²) in [6.45, 7) is -0.715. The van der Waals surface area contributed by atoms with Crippen LogP contribution in [0.1, 0.15) is 28.1 Å². The number of rotatable bonds is 3. The molecular formula is C14H17NO4. The van der Waals surface area contributed by atoms with Crippen LogP contribution in [-0.4, -0.2) is 34.1 Å². The van der Waals surface area contributed by atoms with Crippen LogP contribution in [0.25, 0.3) is 0 Å². The minimum atomic E-state index is -2.03. The largest absolute Gasteiger partial charge is 0.480 e. The van der Waals surface area contributed by atoms with E-state index in [0.717, 1.165) is 5.56 Å². The molecule has 1 fully saturated rings. The third-order valence-electron chi connectivity index (χ3n) is 3.22. The highest BCUT2D eigenvalue weighted by atomic mass is 16.6. The van der Waals surface area contributed by atoms with Crippen molar-refractivity contribution < 1.29 is 22.2 Å². The van der Waals surface area contributed by atoms with Gasteiger partial charge in [0.25, 0.3) is 0 Å². The van der Waals surface area contributed by atoms with Crippen molar-refractivity contribution in [3.63, 3.8) is 0 Å². The molecule has 1 aliphatic heterocycles. The van der Waals surface area contributed by atoms with Gasteiger partial charge in [0.1, 0.15) is 12.1 Å². The Labute approximate surface area is 114 Å². The molecule has 0 radical (unpaired) electrons. The Morgan fingerprint density at radius 2 is 2.16 bits per heavy atom. The lowest BCUT2D eigenvalue weighted by Gasteiger charge is -2.30. The maximum Gasteiger partial charge on any atom is 0.411 e. The topological polar surface area (TPSA) is 66.8 Å². The summed E-state index contributed by atoms with van der Waals surface area (Å²) < 4.78 is 20.7. The van der Waals surface area contributed by atoms with E-state index >= 15 is 0 Å². The molecule has 5 nitrogen and oxygen atoms in total. The lowest BCUT2D eigenvalue weighted by atomic mass is 10.00. The van der Waals surface area contributed by atoms with Crippen molar-refractivity contribution in [3.8, 4) is 0 Å². The van der Waals surface area contributed by atoms with Crippen LogP contribution >= 0.6 is 0 Å². The van der Waals surface area contributed by atoms with Gasteiger partial charge in [-0.3, -0.25) is 4.90 Å². The van der Waals surface area contributed by atoms with Gasteiger partial charge in [-0.15, -0.1) is 0 Å². The van der Waals surface area contributed by atoms with Gasteiger partial charge in [0.2, 0.25) is 0 Å². The van der Waals surface area contributed by atoms with Gasteiger partial charge in [0, 0.05) is 9.24 Å². The quantitative estimate of drug-likeness (QED) is 0.910. The highest BCUT2D eigenvalue weighted by Crippen LogP contribution is 2.29. The Morgan fingerprint density at radius 3 is 2.79 bits per heavy atom. The predicted octanol–water partition coefficient (Wildman–Crippen LogP) is 2.26. The molecule has 0 bridgehead atoms. The molecule has 1 atom stereocenters. The molecule has 1 aromatic carbocycles. The molecular weight excluding hydrogens is 246 g/mol. The van der Waals surface area contributed by atoms with Gasteiger partial charge >= 0.3 is 12.1 Å². The number of likely N-dealkylation sites (tertiary alicyclic amines) is 1. The average molecular weight is 265 g/mol. The third kappa shape index (κ3) is 2.70. The minimum absolute atomic E-state index is 0.0258. The maximum absolute atomic E-state index is 12.2. The molecule has 0 unspecified atom stereocenters. The maximum atomic E-state index is 12.2. The zero-order valence-electron chi connectivity index (χ0n) is 12.6. The van der Waals surface area contributed by atoms with Crippen LogP contribution in [0.2, 0.25) is 0 Å². The van der Waals surface area contributed by atoms with Crippen LogP contribution < -0.4 is 0 Å². The molecule has 102 valence electrons. The number of hydrogen-bond donors (Lipinski definition) is 1. The fourth-order valence-corrected chi connectivity index (χ4v) is 1.95. The summed E-state index contributed by atoms with van der Waals surface area (Å²) in [5.41, 5.74) is -0.834. The van der Waals surface area contributed by atoms with E-state index in [2.05, 4.69) is 0 Å². The molecule has 1 amide bonds. The molecule has 19 heavy (non-hydrogen) atoms. The number of nitrogens with zero attached hydrogens (tertiary/aromatic N) is 1. The van der Waals surface area contributed by atoms with Gasteiger partial charge in [-0.05, 0) is 25.3 Å². The number of carbonyl (C=O) groups excluding carboxylic acids is 1. The molecule has 1 saturated heterocycles. The number of carboxylic acid groups (broad SMARTS) is 1. The van der Waals surface area contributed by atoms with E-state index in [1.807, 2.05) is 6.07 Å². The fraction of sp³-hybridized carbons (Fsp3) is 0.429. The summed E-state index contributed by atoms with van der Waals surface area (Å²) in [6, 6.07) is 8.94. The number of benzene rings is 1. The second-order valence-electron chi connectivity index (χ2n) is 4.61. The van der Waals surface area contributed by atoms with Crippen molar-refractivity contribution in [2.75, 3.05) is 6.50 Å². The van der Waals surface area contributed by atoms with Crippen LogP contribution in [0.3, 0.4) is 0 Å². The summed E-state index contributed by atoms with van der Waals surface area (Å²) in [6.07, 6.45) is -0.933. The predicted molar refractivity (Wildman–Crippen MR) is 68.6 cm³/mol. The van der Waals surface area contributed by atoms with Gasteiger partial charge < -0.3 is 9.84 Å². The molecule has 0 aromatic heterocycles. The first-order valence-electron chi connectivity index (χ1n) is 7.02. The average Bonchev–Trinajstić information content (AvgIpc) is 2.69. The first-order chi connectivity index (χ1) is 9.77. The van der Waals surface area contributed by atoms with Gasteiger partial charge in [0.05, 0.1) is 0 Å². The number of hydrogen-bond acceptors (Lipinski definition) is 3. The Morgan fingerprint density at radius 1 is 1.47 bits per heavy atom. The van der Waals surface area contributed by atoms with Gasteiger partial charge in [-0.1, -0.05) is 30.3 Å². The summed E-state index contributed by atoms with van der Waals surface area (Å²) in [5, 5.41) is 9.29. The number of aliphatic carboxylic acids is 1. The summed E-state index contributed by atoms with van der Waals surface area (Å²) in [4.78, 5) is 24.2. The van der Waals surface area contributed by atoms with Crippen molar-refractivity contribution in [3.05, 3.63) is 35.9 Å². The molecule has 0 spiro atoms. The van der Waals surface area contributed by atoms with Crippen molar-refractivity contribution in [2.45, 2.75) is 31.9 Å². The van der Waals surface area contributed by atoms with E-state index in [9.17, 15) is 14.7 Å². The Kier molecular flexibility index (Phi) is 3.02. The van der Waals surface area contributed by atoms with Crippen LogP contribution in [-0.2, 0) is 16.1 Å². The zero-order chi connectivity index (χ0) is 15.7. The van der Waals surface area contributed by atoms with Crippen LogP contribution in [0, 0.1) is 0 Å². The zero-order valence-corrected chi connectivity index (χ0v) is 10.6. The highest BCUT2D eigenvalue weighted by molar-refractivity contribution is 5.84. The first-order valence-corrected chi connectivity index (χ1v) is 6.02. The highest BCUT2D eigenvalue weighted by Gasteiger charge is 2.46.